The summed E-state index contributed by atoms with van der Waals surface area (Å²) in [5.41, 5.74) is 0. The van der Waals surface area contributed by atoms with Gasteiger partial charge in [0, 0.05) is 32.2 Å². The minimum atomic E-state index is 0.582. The minimum absolute atomic E-state index is 0.582. The van der Waals surface area contributed by atoms with Crippen LogP contribution in [0.4, 0.5) is 0 Å². The van der Waals surface area contributed by atoms with Gasteiger partial charge in [-0.15, -0.1) is 0 Å². The number of ether oxygens (including phenoxy) is 1. The van der Waals surface area contributed by atoms with Gasteiger partial charge in [-0.3, -0.25) is 4.90 Å². The molecular formula is C13H19ClN2O. The highest BCUT2D eigenvalue weighted by Crippen LogP contribution is 2.22. The number of hydrogen-bond acceptors (Lipinski definition) is 3. The van der Waals surface area contributed by atoms with Crippen LogP contribution < -0.4 is 10.1 Å². The van der Waals surface area contributed by atoms with E-state index in [1.165, 1.54) is 0 Å². The minimum Gasteiger partial charge on any atom is -0.491 e. The van der Waals surface area contributed by atoms with Crippen molar-refractivity contribution in [3.63, 3.8) is 0 Å². The molecule has 0 saturated carbocycles. The second kappa shape index (κ2) is 6.24. The van der Waals surface area contributed by atoms with E-state index in [0.29, 0.717) is 17.7 Å². The van der Waals surface area contributed by atoms with Gasteiger partial charge in [0.25, 0.3) is 0 Å². The Labute approximate surface area is 108 Å². The van der Waals surface area contributed by atoms with Gasteiger partial charge in [-0.05, 0) is 19.1 Å². The molecule has 3 nitrogen and oxygen atoms in total. The molecule has 1 atom stereocenters. The van der Waals surface area contributed by atoms with Crippen LogP contribution >= 0.6 is 11.6 Å². The van der Waals surface area contributed by atoms with Crippen molar-refractivity contribution in [3.05, 3.63) is 29.3 Å². The van der Waals surface area contributed by atoms with Gasteiger partial charge in [-0.25, -0.2) is 0 Å². The van der Waals surface area contributed by atoms with Gasteiger partial charge in [-0.1, -0.05) is 23.7 Å². The summed E-state index contributed by atoms with van der Waals surface area (Å²) in [6, 6.07) is 8.19. The first kappa shape index (κ1) is 12.7. The van der Waals surface area contributed by atoms with E-state index in [-0.39, 0.29) is 0 Å². The highest BCUT2D eigenvalue weighted by molar-refractivity contribution is 6.32. The van der Waals surface area contributed by atoms with Gasteiger partial charge < -0.3 is 10.1 Å². The lowest BCUT2D eigenvalue weighted by molar-refractivity contribution is 0.143. The molecule has 0 aliphatic carbocycles. The summed E-state index contributed by atoms with van der Waals surface area (Å²) >= 11 is 6.03. The van der Waals surface area contributed by atoms with Crippen LogP contribution in [0.2, 0.25) is 5.02 Å². The first-order valence-electron chi connectivity index (χ1n) is 6.09. The summed E-state index contributed by atoms with van der Waals surface area (Å²) in [4.78, 5) is 2.44. The van der Waals surface area contributed by atoms with Crippen molar-refractivity contribution in [2.45, 2.75) is 13.0 Å². The van der Waals surface area contributed by atoms with Crippen molar-refractivity contribution in [2.75, 3.05) is 32.8 Å². The quantitative estimate of drug-likeness (QED) is 0.890. The van der Waals surface area contributed by atoms with Crippen molar-refractivity contribution in [2.24, 2.45) is 0 Å². The predicted octanol–water partition coefficient (Wildman–Crippen LogP) is 2.01. The van der Waals surface area contributed by atoms with E-state index in [9.17, 15) is 0 Å². The van der Waals surface area contributed by atoms with Gasteiger partial charge in [0.2, 0.25) is 0 Å². The molecule has 1 fully saturated rings. The molecule has 1 aromatic carbocycles. The summed E-state index contributed by atoms with van der Waals surface area (Å²) < 4.78 is 5.69. The highest BCUT2D eigenvalue weighted by Gasteiger charge is 2.17. The number of halogens is 1. The largest absolute Gasteiger partial charge is 0.491 e. The molecule has 2 rings (SSSR count). The molecule has 1 unspecified atom stereocenters. The van der Waals surface area contributed by atoms with Crippen LogP contribution in [0, 0.1) is 0 Å². The van der Waals surface area contributed by atoms with E-state index in [0.717, 1.165) is 31.9 Å². The first-order chi connectivity index (χ1) is 8.27. The van der Waals surface area contributed by atoms with E-state index in [1.54, 1.807) is 0 Å². The van der Waals surface area contributed by atoms with Crippen LogP contribution in [0.15, 0.2) is 24.3 Å². The molecule has 0 spiro atoms. The Balaban J connectivity index is 1.77. The SMILES string of the molecule is CC1CNCCN1CCOc1ccccc1Cl. The lowest BCUT2D eigenvalue weighted by Crippen LogP contribution is -2.50. The maximum Gasteiger partial charge on any atom is 0.137 e. The zero-order valence-electron chi connectivity index (χ0n) is 10.2. The van der Waals surface area contributed by atoms with Gasteiger partial charge in [0.05, 0.1) is 5.02 Å². The Morgan fingerprint density at radius 1 is 1.47 bits per heavy atom. The monoisotopic (exact) mass is 254 g/mol. The second-order valence-electron chi connectivity index (χ2n) is 4.37. The zero-order chi connectivity index (χ0) is 12.1. The lowest BCUT2D eigenvalue weighted by Gasteiger charge is -2.33. The predicted molar refractivity (Wildman–Crippen MR) is 70.9 cm³/mol. The van der Waals surface area contributed by atoms with Crippen molar-refractivity contribution < 1.29 is 4.74 Å². The molecule has 0 bridgehead atoms. The fraction of sp³-hybridized carbons (Fsp3) is 0.538. The molecule has 0 amide bonds. The maximum atomic E-state index is 6.03. The summed E-state index contributed by atoms with van der Waals surface area (Å²) in [5, 5.41) is 4.06. The molecule has 1 N–H and O–H groups in total. The average molecular weight is 255 g/mol. The van der Waals surface area contributed by atoms with E-state index in [1.807, 2.05) is 24.3 Å². The second-order valence-corrected chi connectivity index (χ2v) is 4.78. The summed E-state index contributed by atoms with van der Waals surface area (Å²) in [6.07, 6.45) is 0. The number of piperazine rings is 1. The third-order valence-electron chi connectivity index (χ3n) is 3.11. The molecule has 0 aromatic heterocycles. The van der Waals surface area contributed by atoms with Crippen molar-refractivity contribution in [3.8, 4) is 5.75 Å². The topological polar surface area (TPSA) is 24.5 Å². The van der Waals surface area contributed by atoms with Crippen molar-refractivity contribution in [1.29, 1.82) is 0 Å². The normalized spacial score (nSPS) is 21.4. The third-order valence-corrected chi connectivity index (χ3v) is 3.42. The third kappa shape index (κ3) is 3.60. The molecule has 17 heavy (non-hydrogen) atoms. The van der Waals surface area contributed by atoms with E-state index >= 15 is 0 Å². The Morgan fingerprint density at radius 3 is 3.06 bits per heavy atom. The number of benzene rings is 1. The van der Waals surface area contributed by atoms with Crippen molar-refractivity contribution >= 4 is 11.6 Å². The molecule has 1 heterocycles. The van der Waals surface area contributed by atoms with Gasteiger partial charge in [0.15, 0.2) is 0 Å². The fourth-order valence-electron chi connectivity index (χ4n) is 2.05. The van der Waals surface area contributed by atoms with Crippen LogP contribution in [0.3, 0.4) is 0 Å². The molecule has 1 aromatic rings. The summed E-state index contributed by atoms with van der Waals surface area (Å²) in [7, 11) is 0. The Hall–Kier alpha value is -0.770. The molecule has 94 valence electrons. The Kier molecular flexibility index (Phi) is 4.66. The van der Waals surface area contributed by atoms with Crippen LogP contribution in [0.25, 0.3) is 0 Å². The van der Waals surface area contributed by atoms with E-state index in [2.05, 4.69) is 17.1 Å². The average Bonchev–Trinajstić information content (AvgIpc) is 2.34. The van der Waals surface area contributed by atoms with Gasteiger partial charge >= 0.3 is 0 Å². The molecule has 0 radical (unpaired) electrons. The van der Waals surface area contributed by atoms with E-state index < -0.39 is 0 Å². The standard InChI is InChI=1S/C13H19ClN2O/c1-11-10-15-6-7-16(11)8-9-17-13-5-3-2-4-12(13)14/h2-5,11,15H,6-10H2,1H3. The molecular weight excluding hydrogens is 236 g/mol. The maximum absolute atomic E-state index is 6.03. The summed E-state index contributed by atoms with van der Waals surface area (Å²) in [5.74, 6) is 0.775. The number of para-hydroxylation sites is 1. The molecule has 1 aliphatic rings. The lowest BCUT2D eigenvalue weighted by atomic mass is 10.2. The van der Waals surface area contributed by atoms with Crippen molar-refractivity contribution in [1.82, 2.24) is 10.2 Å². The van der Waals surface area contributed by atoms with Gasteiger partial charge in [-0.2, -0.15) is 0 Å². The smallest absolute Gasteiger partial charge is 0.137 e. The summed E-state index contributed by atoms with van der Waals surface area (Å²) in [6.45, 7) is 7.10. The van der Waals surface area contributed by atoms with Gasteiger partial charge in [0.1, 0.15) is 12.4 Å². The molecule has 4 heteroatoms. The van der Waals surface area contributed by atoms with E-state index in [4.69, 9.17) is 16.3 Å². The zero-order valence-corrected chi connectivity index (χ0v) is 10.9. The van der Waals surface area contributed by atoms with Crippen LogP contribution in [0.1, 0.15) is 6.92 Å². The highest BCUT2D eigenvalue weighted by atomic mass is 35.5. The number of nitrogens with zero attached hydrogens (tertiary/aromatic N) is 1. The van der Waals surface area contributed by atoms with Crippen LogP contribution in [-0.4, -0.2) is 43.7 Å². The first-order valence-corrected chi connectivity index (χ1v) is 6.47. The number of rotatable bonds is 4. The Bertz CT molecular complexity index is 359. The number of hydrogen-bond donors (Lipinski definition) is 1. The fourth-order valence-corrected chi connectivity index (χ4v) is 2.24. The Morgan fingerprint density at radius 2 is 2.29 bits per heavy atom. The molecule has 1 aliphatic heterocycles. The number of nitrogens with one attached hydrogen (secondary N) is 1. The van der Waals surface area contributed by atoms with Crippen LogP contribution in [0.5, 0.6) is 5.75 Å². The van der Waals surface area contributed by atoms with Crippen LogP contribution in [-0.2, 0) is 0 Å². The molecule has 1 saturated heterocycles.